The highest BCUT2D eigenvalue weighted by atomic mass is 19.1. The highest BCUT2D eigenvalue weighted by molar-refractivity contribution is 5.82. The summed E-state index contributed by atoms with van der Waals surface area (Å²) in [6.07, 6.45) is 1.49. The van der Waals surface area contributed by atoms with Crippen LogP contribution in [0, 0.1) is 12.7 Å². The van der Waals surface area contributed by atoms with E-state index < -0.39 is 11.4 Å². The minimum absolute atomic E-state index is 0.0743. The minimum atomic E-state index is -0.618. The number of ether oxygens (including phenoxy) is 1. The predicted octanol–water partition coefficient (Wildman–Crippen LogP) is 4.60. The van der Waals surface area contributed by atoms with Crippen LogP contribution in [-0.4, -0.2) is 4.98 Å². The summed E-state index contributed by atoms with van der Waals surface area (Å²) in [5.74, 6) is 0.432. The molecule has 0 amide bonds. The van der Waals surface area contributed by atoms with Gasteiger partial charge >= 0.3 is 5.63 Å². The maximum atomic E-state index is 14.2. The van der Waals surface area contributed by atoms with E-state index in [-0.39, 0.29) is 12.2 Å². The summed E-state index contributed by atoms with van der Waals surface area (Å²) >= 11 is 0. The summed E-state index contributed by atoms with van der Waals surface area (Å²) in [7, 11) is 0. The van der Waals surface area contributed by atoms with E-state index in [0.29, 0.717) is 28.2 Å². The first-order chi connectivity index (χ1) is 13.5. The van der Waals surface area contributed by atoms with Crippen LogP contribution in [0.4, 0.5) is 10.2 Å². The van der Waals surface area contributed by atoms with Crippen molar-refractivity contribution in [2.45, 2.75) is 13.3 Å². The Kier molecular flexibility index (Phi) is 4.53. The Bertz CT molecular complexity index is 1220. The zero-order valence-electron chi connectivity index (χ0n) is 15.1. The van der Waals surface area contributed by atoms with Crippen molar-refractivity contribution >= 4 is 16.8 Å². The van der Waals surface area contributed by atoms with Crippen LogP contribution >= 0.6 is 0 Å². The van der Waals surface area contributed by atoms with Crippen molar-refractivity contribution in [3.63, 3.8) is 0 Å². The van der Waals surface area contributed by atoms with Crippen LogP contribution in [0.3, 0.4) is 0 Å². The van der Waals surface area contributed by atoms with Gasteiger partial charge in [0.15, 0.2) is 11.6 Å². The molecule has 0 saturated heterocycles. The molecular formula is C22H17FN2O3. The van der Waals surface area contributed by atoms with Crippen LogP contribution in [0.1, 0.15) is 16.7 Å². The van der Waals surface area contributed by atoms with Crippen molar-refractivity contribution in [3.05, 3.63) is 93.7 Å². The zero-order valence-corrected chi connectivity index (χ0v) is 15.1. The molecule has 0 saturated carbocycles. The fourth-order valence-corrected chi connectivity index (χ4v) is 3.10. The first-order valence-electron chi connectivity index (χ1n) is 8.71. The molecular weight excluding hydrogens is 359 g/mol. The van der Waals surface area contributed by atoms with E-state index in [1.165, 1.54) is 12.3 Å². The monoisotopic (exact) mass is 376 g/mol. The van der Waals surface area contributed by atoms with E-state index in [9.17, 15) is 9.18 Å². The van der Waals surface area contributed by atoms with Gasteiger partial charge in [-0.25, -0.2) is 14.2 Å². The van der Waals surface area contributed by atoms with Gasteiger partial charge in [-0.15, -0.1) is 0 Å². The number of hydrogen-bond acceptors (Lipinski definition) is 5. The van der Waals surface area contributed by atoms with Crippen molar-refractivity contribution in [2.75, 3.05) is 5.73 Å². The summed E-state index contributed by atoms with van der Waals surface area (Å²) in [4.78, 5) is 16.3. The summed E-state index contributed by atoms with van der Waals surface area (Å²) in [5, 5.41) is 0.762. The third-order valence-corrected chi connectivity index (χ3v) is 4.60. The number of fused-ring (bicyclic) bond motifs is 1. The number of para-hydroxylation sites is 1. The van der Waals surface area contributed by atoms with Crippen LogP contribution in [0.2, 0.25) is 0 Å². The molecule has 2 N–H and O–H groups in total. The minimum Gasteiger partial charge on any atom is -0.457 e. The largest absolute Gasteiger partial charge is 0.457 e. The molecule has 0 aliphatic rings. The average molecular weight is 376 g/mol. The van der Waals surface area contributed by atoms with Gasteiger partial charge in [0.25, 0.3) is 0 Å². The van der Waals surface area contributed by atoms with E-state index in [4.69, 9.17) is 14.9 Å². The molecule has 5 nitrogen and oxygen atoms in total. The Hall–Kier alpha value is -3.67. The Labute approximate surface area is 160 Å². The number of hydrogen-bond donors (Lipinski definition) is 1. The lowest BCUT2D eigenvalue weighted by molar-refractivity contribution is 0.480. The Morgan fingerprint density at radius 2 is 1.89 bits per heavy atom. The molecule has 0 unspecified atom stereocenters. The second kappa shape index (κ2) is 7.15. The van der Waals surface area contributed by atoms with Gasteiger partial charge in [0, 0.05) is 29.6 Å². The van der Waals surface area contributed by atoms with Crippen molar-refractivity contribution in [3.8, 4) is 11.5 Å². The first-order valence-corrected chi connectivity index (χ1v) is 8.71. The third-order valence-electron chi connectivity index (χ3n) is 4.60. The molecule has 2 aromatic carbocycles. The number of aryl methyl sites for hydroxylation is 1. The van der Waals surface area contributed by atoms with Crippen molar-refractivity contribution in [1.82, 2.24) is 4.98 Å². The van der Waals surface area contributed by atoms with Gasteiger partial charge in [-0.05, 0) is 48.4 Å². The van der Waals surface area contributed by atoms with Gasteiger partial charge in [-0.3, -0.25) is 0 Å². The standard InChI is InChI=1S/C22H17FN2O3/c1-13-17-8-7-16(27-15-5-3-2-4-6-15)12-19(17)28-22(26)18(13)11-14-9-10-25-21(24)20(14)23/h2-10,12H,11H2,1H3,(H2,24,25). The van der Waals surface area contributed by atoms with Gasteiger partial charge in [0.2, 0.25) is 0 Å². The van der Waals surface area contributed by atoms with Crippen molar-refractivity contribution in [1.29, 1.82) is 0 Å². The summed E-state index contributed by atoms with van der Waals surface area (Å²) in [6, 6.07) is 16.1. The lowest BCUT2D eigenvalue weighted by Crippen LogP contribution is -2.12. The molecule has 0 aliphatic heterocycles. The third kappa shape index (κ3) is 3.32. The molecule has 28 heavy (non-hydrogen) atoms. The van der Waals surface area contributed by atoms with E-state index in [1.807, 2.05) is 43.3 Å². The Morgan fingerprint density at radius 1 is 1.11 bits per heavy atom. The molecule has 2 heterocycles. The molecule has 0 atom stereocenters. The van der Waals surface area contributed by atoms with E-state index >= 15 is 0 Å². The second-order valence-electron chi connectivity index (χ2n) is 6.41. The van der Waals surface area contributed by atoms with Gasteiger partial charge in [-0.2, -0.15) is 0 Å². The Morgan fingerprint density at radius 3 is 2.68 bits per heavy atom. The maximum absolute atomic E-state index is 14.2. The van der Waals surface area contributed by atoms with Gasteiger partial charge in [0.05, 0.1) is 0 Å². The molecule has 0 fully saturated rings. The quantitative estimate of drug-likeness (QED) is 0.527. The number of rotatable bonds is 4. The molecule has 2 aromatic heterocycles. The maximum Gasteiger partial charge on any atom is 0.340 e. The molecule has 4 rings (SSSR count). The Balaban J connectivity index is 1.73. The highest BCUT2D eigenvalue weighted by Gasteiger charge is 2.16. The predicted molar refractivity (Wildman–Crippen MR) is 105 cm³/mol. The molecule has 6 heteroatoms. The molecule has 4 aromatic rings. The molecule has 140 valence electrons. The SMILES string of the molecule is Cc1c(Cc2ccnc(N)c2F)c(=O)oc2cc(Oc3ccccc3)ccc12. The molecule has 0 spiro atoms. The topological polar surface area (TPSA) is 78.4 Å². The lowest BCUT2D eigenvalue weighted by Gasteiger charge is -2.11. The number of benzene rings is 2. The van der Waals surface area contributed by atoms with E-state index in [1.54, 1.807) is 12.1 Å². The second-order valence-corrected chi connectivity index (χ2v) is 6.41. The van der Waals surface area contributed by atoms with E-state index in [2.05, 4.69) is 4.98 Å². The number of nitrogens with two attached hydrogens (primary N) is 1. The lowest BCUT2D eigenvalue weighted by atomic mass is 10.00. The number of pyridine rings is 1. The van der Waals surface area contributed by atoms with Crippen LogP contribution in [0.15, 0.2) is 70.0 Å². The number of aromatic nitrogens is 1. The van der Waals surface area contributed by atoms with E-state index in [0.717, 1.165) is 10.9 Å². The van der Waals surface area contributed by atoms with Crippen LogP contribution in [0.25, 0.3) is 11.0 Å². The number of anilines is 1. The van der Waals surface area contributed by atoms with Gasteiger partial charge < -0.3 is 14.9 Å². The van der Waals surface area contributed by atoms with Crippen LogP contribution in [0.5, 0.6) is 11.5 Å². The molecule has 0 bridgehead atoms. The summed E-state index contributed by atoms with van der Waals surface area (Å²) < 4.78 is 25.5. The zero-order chi connectivity index (χ0) is 19.7. The number of halogens is 1. The fraction of sp³-hybridized carbons (Fsp3) is 0.0909. The normalized spacial score (nSPS) is 10.9. The van der Waals surface area contributed by atoms with Gasteiger partial charge in [0.1, 0.15) is 17.1 Å². The highest BCUT2D eigenvalue weighted by Crippen LogP contribution is 2.28. The van der Waals surface area contributed by atoms with Gasteiger partial charge in [-0.1, -0.05) is 18.2 Å². The number of nitrogen functional groups attached to an aromatic ring is 1. The summed E-state index contributed by atoms with van der Waals surface area (Å²) in [5.41, 5.74) is 6.82. The van der Waals surface area contributed by atoms with Crippen molar-refractivity contribution < 1.29 is 13.5 Å². The number of nitrogens with zero attached hydrogens (tertiary/aromatic N) is 1. The first kappa shape index (κ1) is 17.7. The average Bonchev–Trinajstić information content (AvgIpc) is 2.69. The summed E-state index contributed by atoms with van der Waals surface area (Å²) in [6.45, 7) is 1.81. The molecule has 0 aliphatic carbocycles. The van der Waals surface area contributed by atoms with Crippen LogP contribution < -0.4 is 16.1 Å². The molecule has 0 radical (unpaired) electrons. The van der Waals surface area contributed by atoms with Crippen LogP contribution in [-0.2, 0) is 6.42 Å². The van der Waals surface area contributed by atoms with Crippen molar-refractivity contribution in [2.24, 2.45) is 0 Å². The smallest absolute Gasteiger partial charge is 0.340 e. The fourth-order valence-electron chi connectivity index (χ4n) is 3.10.